The third-order valence-corrected chi connectivity index (χ3v) is 5.64. The zero-order valence-corrected chi connectivity index (χ0v) is 15.1. The Hall–Kier alpha value is -3.23. The van der Waals surface area contributed by atoms with Gasteiger partial charge in [0.1, 0.15) is 0 Å². The second-order valence-electron chi connectivity index (χ2n) is 6.97. The van der Waals surface area contributed by atoms with Crippen molar-refractivity contribution in [2.75, 3.05) is 10.6 Å². The smallest absolute Gasteiger partial charge is 0.0639 e. The average molecular weight is 367 g/mol. The van der Waals surface area contributed by atoms with E-state index in [1.54, 1.807) is 0 Å². The summed E-state index contributed by atoms with van der Waals surface area (Å²) in [5, 5.41) is 15.4. The van der Waals surface area contributed by atoms with E-state index in [9.17, 15) is 0 Å². The molecule has 1 heterocycles. The molecule has 27 heavy (non-hydrogen) atoms. The van der Waals surface area contributed by atoms with Crippen LogP contribution in [0.3, 0.4) is 0 Å². The van der Waals surface area contributed by atoms with Crippen molar-refractivity contribution in [1.82, 2.24) is 0 Å². The molecular formula is C24H15ClN2. The number of fused-ring (bicyclic) bond motifs is 8. The largest absolute Gasteiger partial charge is 0.352 e. The van der Waals surface area contributed by atoms with Crippen LogP contribution in [-0.2, 0) is 0 Å². The molecule has 0 saturated carbocycles. The van der Waals surface area contributed by atoms with Crippen LogP contribution in [0.5, 0.6) is 0 Å². The van der Waals surface area contributed by atoms with E-state index in [-0.39, 0.29) is 0 Å². The third-order valence-electron chi connectivity index (χ3n) is 5.40. The number of halogens is 1. The first kappa shape index (κ1) is 14.9. The Morgan fingerprint density at radius 1 is 0.444 bits per heavy atom. The minimum absolute atomic E-state index is 0.726. The molecule has 0 fully saturated rings. The van der Waals surface area contributed by atoms with E-state index in [2.05, 4.69) is 71.3 Å². The molecule has 0 unspecified atom stereocenters. The summed E-state index contributed by atoms with van der Waals surface area (Å²) in [7, 11) is 0. The molecule has 0 bridgehead atoms. The Bertz CT molecular complexity index is 1390. The Morgan fingerprint density at radius 2 is 0.889 bits per heavy atom. The normalized spacial score (nSPS) is 12.5. The van der Waals surface area contributed by atoms with Crippen LogP contribution in [0.2, 0.25) is 5.02 Å². The summed E-state index contributed by atoms with van der Waals surface area (Å²) in [6.07, 6.45) is 0. The predicted octanol–water partition coefficient (Wildman–Crippen LogP) is 7.60. The van der Waals surface area contributed by atoms with Gasteiger partial charge < -0.3 is 10.6 Å². The lowest BCUT2D eigenvalue weighted by Crippen LogP contribution is -2.06. The maximum Gasteiger partial charge on any atom is 0.0639 e. The molecule has 0 spiro atoms. The van der Waals surface area contributed by atoms with Crippen molar-refractivity contribution in [1.29, 1.82) is 0 Å². The van der Waals surface area contributed by atoms with Gasteiger partial charge in [-0.2, -0.15) is 0 Å². The van der Waals surface area contributed by atoms with Gasteiger partial charge in [-0.25, -0.2) is 0 Å². The number of hydrogen-bond acceptors (Lipinski definition) is 2. The first-order chi connectivity index (χ1) is 13.3. The summed E-state index contributed by atoms with van der Waals surface area (Å²) in [6.45, 7) is 0. The SMILES string of the molecule is Clc1ccc2c(c1)Nc1cc3c4ccccc4c4ccccc4c3cc1N2. The minimum atomic E-state index is 0.726. The summed E-state index contributed by atoms with van der Waals surface area (Å²) >= 11 is 6.17. The maximum absolute atomic E-state index is 6.17. The van der Waals surface area contributed by atoms with Crippen LogP contribution in [0.1, 0.15) is 0 Å². The quantitative estimate of drug-likeness (QED) is 0.270. The Morgan fingerprint density at radius 3 is 1.44 bits per heavy atom. The molecule has 1 aliphatic rings. The van der Waals surface area contributed by atoms with E-state index in [1.807, 2.05) is 18.2 Å². The van der Waals surface area contributed by atoms with Gasteiger partial charge in [0.25, 0.3) is 0 Å². The van der Waals surface area contributed by atoms with E-state index in [0.29, 0.717) is 0 Å². The van der Waals surface area contributed by atoms with E-state index in [1.165, 1.54) is 32.3 Å². The fourth-order valence-electron chi connectivity index (χ4n) is 4.18. The predicted molar refractivity (Wildman–Crippen MR) is 117 cm³/mol. The highest BCUT2D eigenvalue weighted by atomic mass is 35.5. The Kier molecular flexibility index (Phi) is 2.97. The molecule has 0 atom stereocenters. The first-order valence-electron chi connectivity index (χ1n) is 8.99. The van der Waals surface area contributed by atoms with Gasteiger partial charge in [0, 0.05) is 5.02 Å². The van der Waals surface area contributed by atoms with Crippen LogP contribution in [0.15, 0.2) is 78.9 Å². The molecule has 128 valence electrons. The van der Waals surface area contributed by atoms with Crippen molar-refractivity contribution in [3.63, 3.8) is 0 Å². The molecule has 2 nitrogen and oxygen atoms in total. The molecule has 0 aromatic heterocycles. The zero-order valence-electron chi connectivity index (χ0n) is 14.4. The number of hydrogen-bond donors (Lipinski definition) is 2. The number of nitrogens with one attached hydrogen (secondary N) is 2. The standard InChI is InChI=1S/C24H15ClN2/c25-14-9-10-21-22(11-14)27-24-13-20-18-8-4-2-6-16(18)15-5-1-3-7-17(15)19(20)12-23(24)26-21/h1-13,26-27H. The highest BCUT2D eigenvalue weighted by Gasteiger charge is 2.17. The fourth-order valence-corrected chi connectivity index (χ4v) is 4.35. The zero-order chi connectivity index (χ0) is 18.0. The molecule has 0 radical (unpaired) electrons. The summed E-state index contributed by atoms with van der Waals surface area (Å²) in [4.78, 5) is 0. The van der Waals surface area contributed by atoms with Gasteiger partial charge in [0.2, 0.25) is 0 Å². The number of benzene rings is 5. The lowest BCUT2D eigenvalue weighted by molar-refractivity contribution is 1.46. The van der Waals surface area contributed by atoms with Crippen molar-refractivity contribution in [2.24, 2.45) is 0 Å². The van der Waals surface area contributed by atoms with Crippen molar-refractivity contribution >= 4 is 66.7 Å². The van der Waals surface area contributed by atoms with Crippen molar-refractivity contribution < 1.29 is 0 Å². The third kappa shape index (κ3) is 2.14. The average Bonchev–Trinajstić information content (AvgIpc) is 2.71. The molecule has 1 aliphatic heterocycles. The number of rotatable bonds is 0. The van der Waals surface area contributed by atoms with Gasteiger partial charge >= 0.3 is 0 Å². The molecule has 3 heteroatoms. The lowest BCUT2D eigenvalue weighted by atomic mass is 9.93. The van der Waals surface area contributed by atoms with Crippen molar-refractivity contribution in [2.45, 2.75) is 0 Å². The molecule has 0 saturated heterocycles. The van der Waals surface area contributed by atoms with E-state index < -0.39 is 0 Å². The molecule has 5 aromatic rings. The summed E-state index contributed by atoms with van der Waals surface area (Å²) in [5.41, 5.74) is 4.19. The van der Waals surface area contributed by atoms with E-state index >= 15 is 0 Å². The van der Waals surface area contributed by atoms with Gasteiger partial charge in [0.05, 0.1) is 22.7 Å². The Balaban J connectivity index is 1.72. The van der Waals surface area contributed by atoms with Crippen LogP contribution >= 0.6 is 11.6 Å². The lowest BCUT2D eigenvalue weighted by Gasteiger charge is -2.24. The highest BCUT2D eigenvalue weighted by molar-refractivity contribution is 6.31. The van der Waals surface area contributed by atoms with E-state index in [0.717, 1.165) is 27.8 Å². The maximum atomic E-state index is 6.17. The summed E-state index contributed by atoms with van der Waals surface area (Å²) in [6, 6.07) is 27.6. The highest BCUT2D eigenvalue weighted by Crippen LogP contribution is 2.44. The molecule has 5 aromatic carbocycles. The van der Waals surface area contributed by atoms with Crippen LogP contribution in [0, 0.1) is 0 Å². The first-order valence-corrected chi connectivity index (χ1v) is 9.36. The van der Waals surface area contributed by atoms with Gasteiger partial charge in [0.15, 0.2) is 0 Å². The van der Waals surface area contributed by atoms with Gasteiger partial charge in [-0.1, -0.05) is 60.1 Å². The fraction of sp³-hybridized carbons (Fsp3) is 0. The van der Waals surface area contributed by atoms with Crippen molar-refractivity contribution in [3.8, 4) is 0 Å². The van der Waals surface area contributed by atoms with Gasteiger partial charge in [-0.3, -0.25) is 0 Å². The van der Waals surface area contributed by atoms with Crippen LogP contribution in [0.4, 0.5) is 22.7 Å². The molecule has 6 rings (SSSR count). The number of anilines is 4. The second kappa shape index (κ2) is 5.38. The van der Waals surface area contributed by atoms with Crippen molar-refractivity contribution in [3.05, 3.63) is 83.9 Å². The minimum Gasteiger partial charge on any atom is -0.352 e. The second-order valence-corrected chi connectivity index (χ2v) is 7.41. The molecule has 2 N–H and O–H groups in total. The van der Waals surface area contributed by atoms with Gasteiger partial charge in [-0.15, -0.1) is 0 Å². The van der Waals surface area contributed by atoms with Crippen LogP contribution < -0.4 is 10.6 Å². The van der Waals surface area contributed by atoms with Gasteiger partial charge in [-0.05, 0) is 62.6 Å². The molecule has 0 aliphatic carbocycles. The molecule has 0 amide bonds. The van der Waals surface area contributed by atoms with Crippen LogP contribution in [-0.4, -0.2) is 0 Å². The van der Waals surface area contributed by atoms with E-state index in [4.69, 9.17) is 11.6 Å². The molecular weight excluding hydrogens is 352 g/mol. The summed E-state index contributed by atoms with van der Waals surface area (Å²) in [5.74, 6) is 0. The summed E-state index contributed by atoms with van der Waals surface area (Å²) < 4.78 is 0. The topological polar surface area (TPSA) is 24.1 Å². The Labute approximate surface area is 161 Å². The van der Waals surface area contributed by atoms with Crippen LogP contribution in [0.25, 0.3) is 32.3 Å². The monoisotopic (exact) mass is 366 g/mol.